The Kier molecular flexibility index (Phi) is 11.0. The average Bonchev–Trinajstić information content (AvgIpc) is 4.07. The second-order valence-corrected chi connectivity index (χ2v) is 18.2. The third-order valence-corrected chi connectivity index (χ3v) is 13.9. The van der Waals surface area contributed by atoms with Gasteiger partial charge in [0.05, 0.1) is 56.9 Å². The van der Waals surface area contributed by atoms with Gasteiger partial charge in [0.25, 0.3) is 0 Å². The average molecular weight is 949 g/mol. The van der Waals surface area contributed by atoms with E-state index in [1.807, 2.05) is 95.5 Å². The molecule has 0 amide bonds. The molecule has 0 unspecified atom stereocenters. The Balaban J connectivity index is 0.997. The predicted octanol–water partition coefficient (Wildman–Crippen LogP) is 8.75. The summed E-state index contributed by atoms with van der Waals surface area (Å²) in [6, 6.07) is 21.8. The van der Waals surface area contributed by atoms with Crippen molar-refractivity contribution in [3.63, 3.8) is 0 Å². The van der Waals surface area contributed by atoms with Crippen LogP contribution in [0.3, 0.4) is 0 Å². The van der Waals surface area contributed by atoms with E-state index < -0.39 is 11.9 Å². The molecular formula is C51H51F3N14O2. The highest BCUT2D eigenvalue weighted by Gasteiger charge is 2.35. The van der Waals surface area contributed by atoms with Crippen molar-refractivity contribution in [2.45, 2.75) is 65.8 Å². The summed E-state index contributed by atoms with van der Waals surface area (Å²) in [5.41, 5.74) is 9.11. The number of aryl methyl sites for hydroxylation is 8. The zero-order chi connectivity index (χ0) is 49.7. The second kappa shape index (κ2) is 16.8. The Morgan fingerprint density at radius 2 is 1.10 bits per heavy atom. The maximum absolute atomic E-state index is 14.6. The molecule has 4 aromatic carbocycles. The standard InChI is InChI=1S/C51H51F3N14O2/c1-26-31(13-11-15-33(26)40-17-19-63(6)61-40)28(3)56-48-38-24-45-43(65(8)50(70)67(45)10)22-36(38)39(58-60-48)18-20-68-41(25-46(62-68)51(52,53)54)34-16-12-14-32(27(34)2)29(4)55-47-37-23-44-42(64(7)49(69)66(44)9)21-35(37)30(5)57-59-47/h11-17,19,21-25,28-29H,18,20H2,1-10H3,(H,55,59)(H,56,60)/t28-,29-/m1/s1. The molecule has 16 nitrogen and oxygen atoms in total. The summed E-state index contributed by atoms with van der Waals surface area (Å²) >= 11 is 0. The number of halogens is 3. The van der Waals surface area contributed by atoms with Crippen LogP contribution in [0.5, 0.6) is 0 Å². The first-order valence-corrected chi connectivity index (χ1v) is 22.8. The van der Waals surface area contributed by atoms with Crippen LogP contribution in [0.15, 0.2) is 88.6 Å². The number of hydrogen-bond donors (Lipinski definition) is 2. The molecule has 10 aromatic rings. The number of nitrogens with one attached hydrogen (secondary N) is 2. The predicted molar refractivity (Wildman–Crippen MR) is 266 cm³/mol. The summed E-state index contributed by atoms with van der Waals surface area (Å²) in [5, 5.41) is 37.2. The van der Waals surface area contributed by atoms with Gasteiger partial charge in [-0.25, -0.2) is 9.59 Å². The molecule has 0 aliphatic rings. The molecule has 2 atom stereocenters. The zero-order valence-electron chi connectivity index (χ0n) is 40.4. The fourth-order valence-electron chi connectivity index (χ4n) is 9.95. The molecule has 70 heavy (non-hydrogen) atoms. The highest BCUT2D eigenvalue weighted by molar-refractivity contribution is 6.03. The summed E-state index contributed by atoms with van der Waals surface area (Å²) in [7, 11) is 8.75. The maximum atomic E-state index is 14.6. The Morgan fingerprint density at radius 3 is 1.64 bits per heavy atom. The molecule has 0 saturated carbocycles. The molecule has 0 radical (unpaired) electrons. The van der Waals surface area contributed by atoms with Crippen LogP contribution in [-0.2, 0) is 54.4 Å². The van der Waals surface area contributed by atoms with Crippen molar-refractivity contribution >= 4 is 55.2 Å². The Morgan fingerprint density at radius 1 is 0.600 bits per heavy atom. The lowest BCUT2D eigenvalue weighted by Crippen LogP contribution is -2.19. The van der Waals surface area contributed by atoms with E-state index in [0.717, 1.165) is 61.4 Å². The monoisotopic (exact) mass is 948 g/mol. The van der Waals surface area contributed by atoms with Crippen LogP contribution < -0.4 is 22.0 Å². The summed E-state index contributed by atoms with van der Waals surface area (Å²) in [6.45, 7) is 9.83. The van der Waals surface area contributed by atoms with Crippen LogP contribution in [-0.4, -0.2) is 58.2 Å². The minimum atomic E-state index is -4.71. The van der Waals surface area contributed by atoms with Crippen molar-refractivity contribution in [3.05, 3.63) is 139 Å². The van der Waals surface area contributed by atoms with Crippen molar-refractivity contribution in [1.29, 1.82) is 0 Å². The SMILES string of the molecule is Cc1c(-c2ccn(C)n2)cccc1[C@@H](C)Nc1nnc(CCn2nc(C(F)(F)F)cc2-c2cccc([C@@H](C)Nc3nnc(C)c4cc5c(cc34)n(C)c(=O)n5C)c2C)c2cc3c(cc12)n(C)c(=O)n3C. The number of alkyl halides is 3. The Labute approximate surface area is 399 Å². The number of fused-ring (bicyclic) bond motifs is 4. The zero-order valence-corrected chi connectivity index (χ0v) is 40.4. The smallest absolute Gasteiger partial charge is 0.362 e. The van der Waals surface area contributed by atoms with E-state index in [1.54, 1.807) is 57.2 Å². The molecular weight excluding hydrogens is 898 g/mol. The van der Waals surface area contributed by atoms with Gasteiger partial charge in [0, 0.05) is 87.1 Å². The number of nitrogens with zero attached hydrogens (tertiary/aromatic N) is 12. The molecule has 0 aliphatic carbocycles. The van der Waals surface area contributed by atoms with E-state index in [0.29, 0.717) is 50.4 Å². The van der Waals surface area contributed by atoms with E-state index in [2.05, 4.69) is 44.0 Å². The minimum Gasteiger partial charge on any atom is -0.362 e. The molecule has 2 N–H and O–H groups in total. The number of rotatable bonds is 11. The van der Waals surface area contributed by atoms with Crippen molar-refractivity contribution in [3.8, 4) is 22.5 Å². The molecule has 6 aromatic heterocycles. The summed E-state index contributed by atoms with van der Waals surface area (Å²) in [5.74, 6) is 0.993. The highest BCUT2D eigenvalue weighted by Crippen LogP contribution is 2.38. The van der Waals surface area contributed by atoms with Gasteiger partial charge in [0.15, 0.2) is 17.3 Å². The van der Waals surface area contributed by atoms with Crippen molar-refractivity contribution in [1.82, 2.24) is 58.2 Å². The van der Waals surface area contributed by atoms with Crippen LogP contribution >= 0.6 is 0 Å². The largest absolute Gasteiger partial charge is 0.435 e. The van der Waals surface area contributed by atoms with Gasteiger partial charge >= 0.3 is 17.6 Å². The Bertz CT molecular complexity index is 3870. The lowest BCUT2D eigenvalue weighted by molar-refractivity contribution is -0.141. The second-order valence-electron chi connectivity index (χ2n) is 18.2. The number of benzene rings is 4. The molecule has 10 rings (SSSR count). The first-order valence-electron chi connectivity index (χ1n) is 22.8. The fraction of sp³-hybridized carbons (Fsp3) is 0.294. The van der Waals surface area contributed by atoms with Crippen LogP contribution in [0.25, 0.3) is 66.1 Å². The van der Waals surface area contributed by atoms with Gasteiger partial charge in [-0.15, -0.1) is 10.2 Å². The van der Waals surface area contributed by atoms with Crippen molar-refractivity contribution in [2.75, 3.05) is 10.6 Å². The van der Waals surface area contributed by atoms with Crippen LogP contribution in [0.2, 0.25) is 0 Å². The summed E-state index contributed by atoms with van der Waals surface area (Å²) < 4.78 is 53.2. The lowest BCUT2D eigenvalue weighted by Gasteiger charge is -2.21. The van der Waals surface area contributed by atoms with E-state index in [9.17, 15) is 22.8 Å². The molecule has 6 heterocycles. The summed E-state index contributed by atoms with van der Waals surface area (Å²) in [6.07, 6.45) is -2.64. The highest BCUT2D eigenvalue weighted by atomic mass is 19.4. The van der Waals surface area contributed by atoms with Crippen molar-refractivity contribution in [2.24, 2.45) is 35.2 Å². The van der Waals surface area contributed by atoms with Gasteiger partial charge in [-0.1, -0.05) is 36.4 Å². The number of hydrogen-bond acceptors (Lipinski definition) is 10. The molecule has 0 saturated heterocycles. The Hall–Kier alpha value is -8.09. The number of imidazole rings is 2. The van der Waals surface area contributed by atoms with Gasteiger partial charge < -0.3 is 10.6 Å². The van der Waals surface area contributed by atoms with E-state index >= 15 is 0 Å². The van der Waals surface area contributed by atoms with E-state index in [-0.39, 0.29) is 42.1 Å². The quantitative estimate of drug-likeness (QED) is 0.128. The lowest BCUT2D eigenvalue weighted by atomic mass is 9.95. The molecule has 358 valence electrons. The molecule has 0 fully saturated rings. The first kappa shape index (κ1) is 45.7. The van der Waals surface area contributed by atoms with Crippen LogP contribution in [0, 0.1) is 20.8 Å². The summed E-state index contributed by atoms with van der Waals surface area (Å²) in [4.78, 5) is 26.0. The number of aromatic nitrogens is 12. The van der Waals surface area contributed by atoms with E-state index in [4.69, 9.17) is 10.2 Å². The third-order valence-electron chi connectivity index (χ3n) is 13.9. The molecule has 0 spiro atoms. The van der Waals surface area contributed by atoms with E-state index in [1.165, 1.54) is 4.68 Å². The number of anilines is 2. The molecule has 0 bridgehead atoms. The van der Waals surface area contributed by atoms with Gasteiger partial charge in [0.1, 0.15) is 0 Å². The van der Waals surface area contributed by atoms with Gasteiger partial charge in [-0.2, -0.15) is 33.6 Å². The fourth-order valence-corrected chi connectivity index (χ4v) is 9.95. The van der Waals surface area contributed by atoms with Crippen LogP contribution in [0.1, 0.15) is 65.3 Å². The molecule has 0 aliphatic heterocycles. The minimum absolute atomic E-state index is 0.0303. The van der Waals surface area contributed by atoms with Gasteiger partial charge in [-0.3, -0.25) is 27.6 Å². The van der Waals surface area contributed by atoms with Gasteiger partial charge in [-0.05, 0) is 93.3 Å². The molecule has 19 heteroatoms. The van der Waals surface area contributed by atoms with Gasteiger partial charge in [0.2, 0.25) is 0 Å². The maximum Gasteiger partial charge on any atom is 0.435 e. The first-order chi connectivity index (χ1) is 33.3. The normalized spacial score (nSPS) is 13.0. The van der Waals surface area contributed by atoms with Crippen molar-refractivity contribution < 1.29 is 13.2 Å². The third kappa shape index (κ3) is 7.55. The topological polar surface area (TPSA) is 165 Å². The van der Waals surface area contributed by atoms with Crippen LogP contribution in [0.4, 0.5) is 24.8 Å².